The van der Waals surface area contributed by atoms with Crippen LogP contribution in [0.1, 0.15) is 0 Å². The van der Waals surface area contributed by atoms with E-state index in [-0.39, 0.29) is 5.82 Å². The van der Waals surface area contributed by atoms with Crippen LogP contribution in [0.2, 0.25) is 0 Å². The van der Waals surface area contributed by atoms with Crippen LogP contribution >= 0.6 is 11.3 Å². The number of hydrogen-bond donors (Lipinski definition) is 0. The third kappa shape index (κ3) is 2.92. The van der Waals surface area contributed by atoms with Gasteiger partial charge in [0.2, 0.25) is 0 Å². The first-order valence-electron chi connectivity index (χ1n) is 7.18. The Morgan fingerprint density at radius 1 is 0.917 bits per heavy atom. The van der Waals surface area contributed by atoms with Gasteiger partial charge in [-0.2, -0.15) is 0 Å². The summed E-state index contributed by atoms with van der Waals surface area (Å²) < 4.78 is 29.7. The summed E-state index contributed by atoms with van der Waals surface area (Å²) in [5, 5.41) is 2.62. The molecule has 0 aliphatic rings. The zero-order valence-corrected chi connectivity index (χ0v) is 14.3. The highest BCUT2D eigenvalue weighted by Crippen LogP contribution is 2.41. The van der Waals surface area contributed by atoms with E-state index in [1.165, 1.54) is 23.5 Å². The molecule has 0 fully saturated rings. The van der Waals surface area contributed by atoms with E-state index in [9.17, 15) is 4.39 Å². The fraction of sp³-hybridized carbons (Fsp3) is 0.167. The number of nitrogens with zero attached hydrogens (tertiary/aromatic N) is 1. The van der Waals surface area contributed by atoms with Crippen molar-refractivity contribution in [3.05, 3.63) is 47.6 Å². The predicted molar refractivity (Wildman–Crippen MR) is 92.6 cm³/mol. The van der Waals surface area contributed by atoms with E-state index in [1.54, 1.807) is 27.4 Å². The van der Waals surface area contributed by atoms with E-state index in [0.717, 1.165) is 10.6 Å². The zero-order chi connectivity index (χ0) is 17.1. The Hall–Kier alpha value is -2.60. The molecule has 0 aliphatic carbocycles. The van der Waals surface area contributed by atoms with Crippen molar-refractivity contribution in [2.24, 2.45) is 0 Å². The van der Waals surface area contributed by atoms with Crippen LogP contribution in [0.3, 0.4) is 0 Å². The Bertz CT molecular complexity index is 863. The molecule has 0 atom stereocenters. The molecule has 1 aromatic heterocycles. The Morgan fingerprint density at radius 2 is 1.71 bits per heavy atom. The smallest absolute Gasteiger partial charge is 0.170 e. The summed E-state index contributed by atoms with van der Waals surface area (Å²) in [6.45, 7) is 0. The molecule has 0 saturated carbocycles. The molecule has 24 heavy (non-hydrogen) atoms. The van der Waals surface area contributed by atoms with Crippen molar-refractivity contribution in [3.63, 3.8) is 0 Å². The minimum Gasteiger partial charge on any atom is -0.496 e. The number of aromatic nitrogens is 1. The lowest BCUT2D eigenvalue weighted by molar-refractivity contribution is 0.356. The second-order valence-electron chi connectivity index (χ2n) is 4.92. The number of benzene rings is 2. The van der Waals surface area contributed by atoms with Crippen molar-refractivity contribution >= 4 is 11.3 Å². The van der Waals surface area contributed by atoms with Crippen LogP contribution in [0.15, 0.2) is 41.8 Å². The van der Waals surface area contributed by atoms with Gasteiger partial charge >= 0.3 is 0 Å². The molecule has 0 spiro atoms. The standard InChI is InChI=1S/C18H16FNO3S/c1-21-15-8-7-11(19)9-13(15)14-10-24-18(20-14)12-5-4-6-16(22-2)17(12)23-3/h4-10H,1-3H3. The van der Waals surface area contributed by atoms with Gasteiger partial charge in [-0.15, -0.1) is 11.3 Å². The average Bonchev–Trinajstić information content (AvgIpc) is 3.10. The summed E-state index contributed by atoms with van der Waals surface area (Å²) in [5.41, 5.74) is 2.08. The van der Waals surface area contributed by atoms with Crippen molar-refractivity contribution in [2.75, 3.05) is 21.3 Å². The minimum absolute atomic E-state index is 0.334. The zero-order valence-electron chi connectivity index (χ0n) is 13.5. The molecule has 0 bridgehead atoms. The number of methoxy groups -OCH3 is 3. The summed E-state index contributed by atoms with van der Waals surface area (Å²) in [6, 6.07) is 9.98. The van der Waals surface area contributed by atoms with Gasteiger partial charge in [-0.25, -0.2) is 9.37 Å². The Labute approximate surface area is 143 Å². The highest BCUT2D eigenvalue weighted by molar-refractivity contribution is 7.13. The summed E-state index contributed by atoms with van der Waals surface area (Å²) in [7, 11) is 4.73. The summed E-state index contributed by atoms with van der Waals surface area (Å²) >= 11 is 1.45. The highest BCUT2D eigenvalue weighted by atomic mass is 32.1. The second kappa shape index (κ2) is 6.88. The van der Waals surface area contributed by atoms with Crippen molar-refractivity contribution in [3.8, 4) is 39.1 Å². The van der Waals surface area contributed by atoms with Gasteiger partial charge in [0, 0.05) is 10.9 Å². The Kier molecular flexibility index (Phi) is 4.66. The molecule has 124 valence electrons. The van der Waals surface area contributed by atoms with Crippen LogP contribution in [-0.2, 0) is 0 Å². The van der Waals surface area contributed by atoms with Crippen molar-refractivity contribution in [2.45, 2.75) is 0 Å². The number of hydrogen-bond acceptors (Lipinski definition) is 5. The van der Waals surface area contributed by atoms with E-state index in [2.05, 4.69) is 4.98 Å². The number of para-hydroxylation sites is 1. The van der Waals surface area contributed by atoms with E-state index >= 15 is 0 Å². The molecule has 4 nitrogen and oxygen atoms in total. The highest BCUT2D eigenvalue weighted by Gasteiger charge is 2.17. The topological polar surface area (TPSA) is 40.6 Å². The molecule has 0 saturated heterocycles. The van der Waals surface area contributed by atoms with Gasteiger partial charge < -0.3 is 14.2 Å². The first-order valence-corrected chi connectivity index (χ1v) is 8.06. The van der Waals surface area contributed by atoms with Crippen molar-refractivity contribution in [1.82, 2.24) is 4.98 Å². The molecule has 3 rings (SSSR count). The minimum atomic E-state index is -0.334. The van der Waals surface area contributed by atoms with Crippen LogP contribution in [0.5, 0.6) is 17.2 Å². The summed E-state index contributed by atoms with van der Waals surface area (Å²) in [4.78, 5) is 4.62. The van der Waals surface area contributed by atoms with Crippen molar-refractivity contribution in [1.29, 1.82) is 0 Å². The van der Waals surface area contributed by atoms with Gasteiger partial charge in [0.25, 0.3) is 0 Å². The molecular weight excluding hydrogens is 329 g/mol. The largest absolute Gasteiger partial charge is 0.496 e. The lowest BCUT2D eigenvalue weighted by atomic mass is 10.1. The SMILES string of the molecule is COc1ccc(F)cc1-c1csc(-c2cccc(OC)c2OC)n1. The normalized spacial score (nSPS) is 10.5. The molecule has 0 amide bonds. The molecule has 0 radical (unpaired) electrons. The van der Waals surface area contributed by atoms with Crippen LogP contribution in [0.4, 0.5) is 4.39 Å². The fourth-order valence-electron chi connectivity index (χ4n) is 2.46. The third-order valence-electron chi connectivity index (χ3n) is 3.58. The molecule has 2 aromatic carbocycles. The van der Waals surface area contributed by atoms with Crippen molar-refractivity contribution < 1.29 is 18.6 Å². The van der Waals surface area contributed by atoms with Gasteiger partial charge in [0.05, 0.1) is 32.6 Å². The molecule has 1 heterocycles. The van der Waals surface area contributed by atoms with Crippen LogP contribution in [0, 0.1) is 5.82 Å². The van der Waals surface area contributed by atoms with Crippen LogP contribution in [0.25, 0.3) is 21.8 Å². The predicted octanol–water partition coefficient (Wildman–Crippen LogP) is 4.64. The summed E-state index contributed by atoms with van der Waals surface area (Å²) in [6.07, 6.45) is 0. The van der Waals surface area contributed by atoms with Gasteiger partial charge in [-0.05, 0) is 30.3 Å². The quantitative estimate of drug-likeness (QED) is 0.675. The van der Waals surface area contributed by atoms with E-state index in [0.29, 0.717) is 28.5 Å². The first kappa shape index (κ1) is 16.3. The van der Waals surface area contributed by atoms with Crippen LogP contribution < -0.4 is 14.2 Å². The monoisotopic (exact) mass is 345 g/mol. The number of rotatable bonds is 5. The average molecular weight is 345 g/mol. The number of thiazole rings is 1. The van der Waals surface area contributed by atoms with Gasteiger partial charge in [0.15, 0.2) is 11.5 Å². The molecular formula is C18H16FNO3S. The third-order valence-corrected chi connectivity index (χ3v) is 4.45. The van der Waals surface area contributed by atoms with E-state index in [1.807, 2.05) is 23.6 Å². The number of halogens is 1. The van der Waals surface area contributed by atoms with Gasteiger partial charge in [-0.1, -0.05) is 6.07 Å². The molecule has 3 aromatic rings. The van der Waals surface area contributed by atoms with E-state index in [4.69, 9.17) is 14.2 Å². The molecule has 0 aliphatic heterocycles. The molecule has 6 heteroatoms. The van der Waals surface area contributed by atoms with Crippen LogP contribution in [-0.4, -0.2) is 26.3 Å². The fourth-order valence-corrected chi connectivity index (χ4v) is 3.30. The maximum absolute atomic E-state index is 13.6. The van der Waals surface area contributed by atoms with E-state index < -0.39 is 0 Å². The maximum atomic E-state index is 13.6. The summed E-state index contributed by atoms with van der Waals surface area (Å²) in [5.74, 6) is 1.49. The van der Waals surface area contributed by atoms with Gasteiger partial charge in [0.1, 0.15) is 16.6 Å². The van der Waals surface area contributed by atoms with Gasteiger partial charge in [-0.3, -0.25) is 0 Å². The lowest BCUT2D eigenvalue weighted by Gasteiger charge is -2.10. The molecule has 0 N–H and O–H groups in total. The first-order chi connectivity index (χ1) is 11.7. The lowest BCUT2D eigenvalue weighted by Crippen LogP contribution is -1.93. The number of ether oxygens (including phenoxy) is 3. The maximum Gasteiger partial charge on any atom is 0.170 e. The Balaban J connectivity index is 2.08. The Morgan fingerprint density at radius 3 is 2.42 bits per heavy atom. The second-order valence-corrected chi connectivity index (χ2v) is 5.78. The molecule has 0 unspecified atom stereocenters.